The van der Waals surface area contributed by atoms with Gasteiger partial charge in [-0.3, -0.25) is 0 Å². The molecule has 0 aliphatic heterocycles. The molecular formula is C8H9N5O2. The van der Waals surface area contributed by atoms with Gasteiger partial charge in [-0.1, -0.05) is 0 Å². The van der Waals surface area contributed by atoms with E-state index in [0.717, 1.165) is 0 Å². The van der Waals surface area contributed by atoms with Crippen LogP contribution in [-0.2, 0) is 13.6 Å². The number of aromatic nitrogens is 5. The van der Waals surface area contributed by atoms with Crippen LogP contribution >= 0.6 is 0 Å². The highest BCUT2D eigenvalue weighted by atomic mass is 16.4. The van der Waals surface area contributed by atoms with Crippen molar-refractivity contribution in [1.82, 2.24) is 24.8 Å². The fraction of sp³-hybridized carbons (Fsp3) is 0.250. The molecule has 1 N–H and O–H groups in total. The lowest BCUT2D eigenvalue weighted by molar-refractivity contribution is 0.0697. The fourth-order valence-electron chi connectivity index (χ4n) is 1.22. The van der Waals surface area contributed by atoms with Gasteiger partial charge < -0.3 is 9.67 Å². The highest BCUT2D eigenvalue weighted by Gasteiger charge is 2.06. The first kappa shape index (κ1) is 9.38. The number of carboxylic acid groups (broad SMARTS) is 1. The van der Waals surface area contributed by atoms with Crippen LogP contribution in [0, 0.1) is 0 Å². The number of carboxylic acids is 1. The fourth-order valence-corrected chi connectivity index (χ4v) is 1.22. The van der Waals surface area contributed by atoms with Gasteiger partial charge in [0.1, 0.15) is 0 Å². The summed E-state index contributed by atoms with van der Waals surface area (Å²) in [6.07, 6.45) is 3.19. The summed E-state index contributed by atoms with van der Waals surface area (Å²) in [6.45, 7) is 0.418. The molecule has 0 spiro atoms. The zero-order chi connectivity index (χ0) is 10.8. The van der Waals surface area contributed by atoms with Crippen molar-refractivity contribution in [3.05, 3.63) is 29.8 Å². The summed E-state index contributed by atoms with van der Waals surface area (Å²) >= 11 is 0. The van der Waals surface area contributed by atoms with Crippen LogP contribution in [0.1, 0.15) is 16.2 Å². The average Bonchev–Trinajstić information content (AvgIpc) is 2.76. The molecule has 2 heterocycles. The highest BCUT2D eigenvalue weighted by Crippen LogP contribution is 2.02. The van der Waals surface area contributed by atoms with E-state index in [9.17, 15) is 4.79 Å². The van der Waals surface area contributed by atoms with Crippen LogP contribution in [0.15, 0.2) is 18.5 Å². The Morgan fingerprint density at radius 2 is 2.40 bits per heavy atom. The van der Waals surface area contributed by atoms with E-state index in [4.69, 9.17) is 5.11 Å². The minimum atomic E-state index is -0.944. The van der Waals surface area contributed by atoms with Crippen LogP contribution in [0.5, 0.6) is 0 Å². The van der Waals surface area contributed by atoms with Crippen molar-refractivity contribution >= 4 is 5.97 Å². The molecule has 0 radical (unpaired) electrons. The largest absolute Gasteiger partial charge is 0.478 e. The number of tetrazole rings is 1. The first-order valence-corrected chi connectivity index (χ1v) is 4.27. The van der Waals surface area contributed by atoms with Gasteiger partial charge in [0.05, 0.1) is 19.2 Å². The molecule has 0 aromatic carbocycles. The van der Waals surface area contributed by atoms with Gasteiger partial charge >= 0.3 is 5.97 Å². The molecule has 7 heteroatoms. The summed E-state index contributed by atoms with van der Waals surface area (Å²) in [5.41, 5.74) is 0.249. The number of hydrogen-bond acceptors (Lipinski definition) is 4. The minimum Gasteiger partial charge on any atom is -0.478 e. The molecule has 2 aromatic rings. The Morgan fingerprint density at radius 3 is 2.93 bits per heavy atom. The van der Waals surface area contributed by atoms with Crippen LogP contribution in [-0.4, -0.2) is 35.9 Å². The van der Waals surface area contributed by atoms with Crippen LogP contribution < -0.4 is 0 Å². The summed E-state index contributed by atoms with van der Waals surface area (Å²) in [7, 11) is 1.68. The Bertz CT molecular complexity index is 487. The van der Waals surface area contributed by atoms with Gasteiger partial charge in [-0.05, 0) is 11.3 Å². The normalized spacial score (nSPS) is 10.5. The van der Waals surface area contributed by atoms with Crippen molar-refractivity contribution in [2.24, 2.45) is 7.05 Å². The van der Waals surface area contributed by atoms with Crippen molar-refractivity contribution in [1.29, 1.82) is 0 Å². The van der Waals surface area contributed by atoms with Crippen molar-refractivity contribution in [3.8, 4) is 0 Å². The van der Waals surface area contributed by atoms with Crippen molar-refractivity contribution < 1.29 is 9.90 Å². The van der Waals surface area contributed by atoms with Crippen LogP contribution in [0.25, 0.3) is 0 Å². The zero-order valence-corrected chi connectivity index (χ0v) is 8.03. The quantitative estimate of drug-likeness (QED) is 0.750. The molecule has 7 nitrogen and oxygen atoms in total. The Labute approximate surface area is 84.9 Å². The predicted octanol–water partition coefficient (Wildman–Crippen LogP) is -0.242. The maximum absolute atomic E-state index is 10.6. The standard InChI is InChI=1S/C8H9N5O2/c1-12-10-7(9-11-12)5-13-3-2-6(4-13)8(14)15/h2-4H,5H2,1H3,(H,14,15). The second-order valence-electron chi connectivity index (χ2n) is 3.07. The van der Waals surface area contributed by atoms with Gasteiger partial charge in [0, 0.05) is 12.4 Å². The molecule has 0 aliphatic rings. The number of hydrogen-bond donors (Lipinski definition) is 1. The molecule has 0 fully saturated rings. The van der Waals surface area contributed by atoms with Crippen LogP contribution in [0.2, 0.25) is 0 Å². The average molecular weight is 207 g/mol. The summed E-state index contributed by atoms with van der Waals surface area (Å²) in [4.78, 5) is 12.0. The SMILES string of the molecule is Cn1nnc(Cn2ccc(C(=O)O)c2)n1. The Hall–Kier alpha value is -2.18. The van der Waals surface area contributed by atoms with E-state index in [1.807, 2.05) is 0 Å². The molecule has 0 unspecified atom stereocenters. The Balaban J connectivity index is 2.14. The molecule has 0 bridgehead atoms. The van der Waals surface area contributed by atoms with E-state index < -0.39 is 5.97 Å². The number of nitrogens with zero attached hydrogens (tertiary/aromatic N) is 5. The van der Waals surface area contributed by atoms with Crippen molar-refractivity contribution in [2.75, 3.05) is 0 Å². The predicted molar refractivity (Wildman–Crippen MR) is 49.3 cm³/mol. The molecule has 78 valence electrons. The van der Waals surface area contributed by atoms with Gasteiger partial charge in [-0.15, -0.1) is 10.2 Å². The van der Waals surface area contributed by atoms with Gasteiger partial charge in [0.2, 0.25) is 0 Å². The number of aryl methyl sites for hydroxylation is 1. The van der Waals surface area contributed by atoms with E-state index in [2.05, 4.69) is 15.4 Å². The molecule has 0 atom stereocenters. The first-order chi connectivity index (χ1) is 7.15. The third-order valence-corrected chi connectivity index (χ3v) is 1.87. The number of rotatable bonds is 3. The molecule has 2 rings (SSSR count). The zero-order valence-electron chi connectivity index (χ0n) is 8.03. The van der Waals surface area contributed by atoms with E-state index >= 15 is 0 Å². The van der Waals surface area contributed by atoms with Gasteiger partial charge in [-0.25, -0.2) is 4.79 Å². The lowest BCUT2D eigenvalue weighted by atomic mass is 10.4. The monoisotopic (exact) mass is 207 g/mol. The first-order valence-electron chi connectivity index (χ1n) is 4.27. The number of carbonyl (C=O) groups is 1. The Morgan fingerprint density at radius 1 is 1.60 bits per heavy atom. The second-order valence-corrected chi connectivity index (χ2v) is 3.07. The number of aromatic carboxylic acids is 1. The lowest BCUT2D eigenvalue weighted by Gasteiger charge is -1.95. The second kappa shape index (κ2) is 3.52. The van der Waals surface area contributed by atoms with E-state index in [1.54, 1.807) is 17.8 Å². The van der Waals surface area contributed by atoms with Crippen molar-refractivity contribution in [2.45, 2.75) is 6.54 Å². The molecule has 0 saturated heterocycles. The molecule has 0 saturated carbocycles. The van der Waals surface area contributed by atoms with Gasteiger partial charge in [0.25, 0.3) is 0 Å². The molecule has 0 amide bonds. The van der Waals surface area contributed by atoms with Gasteiger partial charge in [-0.2, -0.15) is 4.80 Å². The summed E-state index contributed by atoms with van der Waals surface area (Å²) < 4.78 is 1.69. The summed E-state index contributed by atoms with van der Waals surface area (Å²) in [5.74, 6) is -0.397. The Kier molecular flexibility index (Phi) is 2.20. The maximum Gasteiger partial charge on any atom is 0.337 e. The minimum absolute atomic E-state index is 0.249. The van der Waals surface area contributed by atoms with Crippen molar-refractivity contribution in [3.63, 3.8) is 0 Å². The van der Waals surface area contributed by atoms with Gasteiger partial charge in [0.15, 0.2) is 5.82 Å². The lowest BCUT2D eigenvalue weighted by Crippen LogP contribution is -2.00. The van der Waals surface area contributed by atoms with E-state index in [-0.39, 0.29) is 5.56 Å². The molecular weight excluding hydrogens is 198 g/mol. The van der Waals surface area contributed by atoms with E-state index in [1.165, 1.54) is 17.1 Å². The van der Waals surface area contributed by atoms with Crippen LogP contribution in [0.3, 0.4) is 0 Å². The van der Waals surface area contributed by atoms with Crippen LogP contribution in [0.4, 0.5) is 0 Å². The smallest absolute Gasteiger partial charge is 0.337 e. The van der Waals surface area contributed by atoms with E-state index in [0.29, 0.717) is 12.4 Å². The highest BCUT2D eigenvalue weighted by molar-refractivity contribution is 5.87. The molecule has 0 aliphatic carbocycles. The maximum atomic E-state index is 10.6. The third-order valence-electron chi connectivity index (χ3n) is 1.87. The molecule has 15 heavy (non-hydrogen) atoms. The topological polar surface area (TPSA) is 85.8 Å². The summed E-state index contributed by atoms with van der Waals surface area (Å²) in [6, 6.07) is 1.53. The molecule has 2 aromatic heterocycles. The third kappa shape index (κ3) is 2.01. The summed E-state index contributed by atoms with van der Waals surface area (Å²) in [5, 5.41) is 20.2.